The topological polar surface area (TPSA) is 54.5 Å². The highest BCUT2D eigenvalue weighted by Gasteiger charge is 2.24. The molecule has 1 aliphatic heterocycles. The van der Waals surface area contributed by atoms with Gasteiger partial charge in [-0.3, -0.25) is 0 Å². The van der Waals surface area contributed by atoms with Gasteiger partial charge in [-0.05, 0) is 19.1 Å². The number of hydrogen-bond acceptors (Lipinski definition) is 6. The van der Waals surface area contributed by atoms with Gasteiger partial charge in [0.1, 0.15) is 4.88 Å². The second-order valence-electron chi connectivity index (χ2n) is 5.14. The number of halogens is 1. The van der Waals surface area contributed by atoms with Gasteiger partial charge in [-0.2, -0.15) is 0 Å². The number of nitrogens with one attached hydrogen (secondary N) is 1. The molecule has 0 amide bonds. The Kier molecular flexibility index (Phi) is 5.15. The first-order chi connectivity index (χ1) is 11.2. The van der Waals surface area contributed by atoms with E-state index in [1.165, 1.54) is 11.3 Å². The van der Waals surface area contributed by atoms with Crippen LogP contribution in [0.1, 0.15) is 16.6 Å². The van der Waals surface area contributed by atoms with Crippen molar-refractivity contribution < 1.29 is 9.53 Å². The first kappa shape index (κ1) is 16.2. The van der Waals surface area contributed by atoms with Crippen molar-refractivity contribution in [3.63, 3.8) is 0 Å². The maximum absolute atomic E-state index is 12.3. The van der Waals surface area contributed by atoms with Crippen LogP contribution < -0.4 is 10.2 Å². The minimum atomic E-state index is -0.332. The van der Waals surface area contributed by atoms with Crippen LogP contribution in [0.25, 0.3) is 11.3 Å². The van der Waals surface area contributed by atoms with Gasteiger partial charge in [0.15, 0.2) is 5.13 Å². The van der Waals surface area contributed by atoms with E-state index < -0.39 is 0 Å². The second kappa shape index (κ2) is 7.29. The quantitative estimate of drug-likeness (QED) is 0.858. The number of nitrogens with zero attached hydrogens (tertiary/aromatic N) is 2. The maximum Gasteiger partial charge on any atom is 0.350 e. The summed E-state index contributed by atoms with van der Waals surface area (Å²) in [5, 5.41) is 4.79. The number of rotatable bonds is 4. The number of thiazole rings is 1. The number of carbonyl (C=O) groups is 1. The number of benzene rings is 1. The predicted molar refractivity (Wildman–Crippen MR) is 93.6 cm³/mol. The van der Waals surface area contributed by atoms with E-state index in [0.29, 0.717) is 22.2 Å². The molecule has 3 rings (SSSR count). The van der Waals surface area contributed by atoms with Gasteiger partial charge in [-0.1, -0.05) is 35.1 Å². The van der Waals surface area contributed by atoms with Gasteiger partial charge in [0.25, 0.3) is 0 Å². The Morgan fingerprint density at radius 3 is 2.91 bits per heavy atom. The number of aromatic nitrogens is 1. The van der Waals surface area contributed by atoms with Crippen LogP contribution in [0, 0.1) is 0 Å². The molecule has 1 aliphatic rings. The van der Waals surface area contributed by atoms with E-state index in [1.54, 1.807) is 13.0 Å². The normalized spacial score (nSPS) is 14.8. The Morgan fingerprint density at radius 2 is 2.22 bits per heavy atom. The van der Waals surface area contributed by atoms with Gasteiger partial charge in [-0.25, -0.2) is 9.78 Å². The Morgan fingerprint density at radius 1 is 1.43 bits per heavy atom. The lowest BCUT2D eigenvalue weighted by molar-refractivity contribution is 0.0532. The molecule has 1 aromatic heterocycles. The van der Waals surface area contributed by atoms with Crippen LogP contribution in [0.5, 0.6) is 0 Å². The maximum atomic E-state index is 12.3. The van der Waals surface area contributed by atoms with E-state index >= 15 is 0 Å². The summed E-state index contributed by atoms with van der Waals surface area (Å²) in [7, 11) is 0. The monoisotopic (exact) mass is 351 g/mol. The molecule has 5 nitrogen and oxygen atoms in total. The van der Waals surface area contributed by atoms with E-state index in [9.17, 15) is 4.79 Å². The fraction of sp³-hybridized carbons (Fsp3) is 0.375. The van der Waals surface area contributed by atoms with Crippen LogP contribution in [0.15, 0.2) is 24.3 Å². The minimum Gasteiger partial charge on any atom is -0.462 e. The third-order valence-electron chi connectivity index (χ3n) is 3.56. The molecule has 2 aromatic rings. The zero-order valence-electron chi connectivity index (χ0n) is 12.8. The van der Waals surface area contributed by atoms with Crippen LogP contribution in [0.4, 0.5) is 5.13 Å². The smallest absolute Gasteiger partial charge is 0.350 e. The van der Waals surface area contributed by atoms with Crippen LogP contribution >= 0.6 is 22.9 Å². The Balaban J connectivity index is 2.01. The zero-order valence-corrected chi connectivity index (χ0v) is 14.4. The summed E-state index contributed by atoms with van der Waals surface area (Å²) in [6.45, 7) is 5.74. The van der Waals surface area contributed by atoms with E-state index in [-0.39, 0.29) is 5.97 Å². The molecular formula is C16H18ClN3O2S. The summed E-state index contributed by atoms with van der Waals surface area (Å²) in [5.41, 5.74) is 1.47. The second-order valence-corrected chi connectivity index (χ2v) is 6.56. The lowest BCUT2D eigenvalue weighted by Crippen LogP contribution is -2.43. The molecule has 2 heterocycles. The molecule has 0 radical (unpaired) electrons. The highest BCUT2D eigenvalue weighted by atomic mass is 35.5. The molecule has 0 spiro atoms. The molecule has 1 saturated heterocycles. The lowest BCUT2D eigenvalue weighted by Gasteiger charge is -2.26. The average molecular weight is 352 g/mol. The summed E-state index contributed by atoms with van der Waals surface area (Å²) in [5.74, 6) is -0.332. The van der Waals surface area contributed by atoms with E-state index in [1.807, 2.05) is 18.2 Å². The fourth-order valence-electron chi connectivity index (χ4n) is 2.47. The number of hydrogen-bond donors (Lipinski definition) is 1. The largest absolute Gasteiger partial charge is 0.462 e. The summed E-state index contributed by atoms with van der Waals surface area (Å²) in [6.07, 6.45) is 0. The van der Waals surface area contributed by atoms with Gasteiger partial charge in [0.2, 0.25) is 0 Å². The highest BCUT2D eigenvalue weighted by Crippen LogP contribution is 2.34. The molecule has 1 N–H and O–H groups in total. The van der Waals surface area contributed by atoms with Gasteiger partial charge in [0, 0.05) is 36.8 Å². The fourth-order valence-corrected chi connectivity index (χ4v) is 3.69. The van der Waals surface area contributed by atoms with E-state index in [2.05, 4.69) is 10.2 Å². The lowest BCUT2D eigenvalue weighted by atomic mass is 10.1. The van der Waals surface area contributed by atoms with Crippen molar-refractivity contribution in [2.45, 2.75) is 6.92 Å². The SMILES string of the molecule is CCOC(=O)c1sc(N2CCNCC2)nc1-c1cccc(Cl)c1. The van der Waals surface area contributed by atoms with Crippen molar-refractivity contribution in [1.29, 1.82) is 0 Å². The van der Waals surface area contributed by atoms with Crippen molar-refractivity contribution in [2.24, 2.45) is 0 Å². The molecule has 0 saturated carbocycles. The Hall–Kier alpha value is -1.63. The Labute approximate surface area is 144 Å². The molecule has 7 heteroatoms. The molecule has 0 bridgehead atoms. The van der Waals surface area contributed by atoms with Gasteiger partial charge in [-0.15, -0.1) is 0 Å². The van der Waals surface area contributed by atoms with E-state index in [0.717, 1.165) is 36.9 Å². The van der Waals surface area contributed by atoms with Gasteiger partial charge < -0.3 is 15.0 Å². The highest BCUT2D eigenvalue weighted by molar-refractivity contribution is 7.17. The molecule has 122 valence electrons. The molecule has 0 aliphatic carbocycles. The van der Waals surface area contributed by atoms with E-state index in [4.69, 9.17) is 21.3 Å². The molecule has 0 atom stereocenters. The number of anilines is 1. The number of esters is 1. The predicted octanol–water partition coefficient (Wildman–Crippen LogP) is 3.05. The minimum absolute atomic E-state index is 0.332. The summed E-state index contributed by atoms with van der Waals surface area (Å²) >= 11 is 7.47. The van der Waals surface area contributed by atoms with Crippen LogP contribution in [-0.2, 0) is 4.74 Å². The average Bonchev–Trinajstić information content (AvgIpc) is 3.01. The summed E-state index contributed by atoms with van der Waals surface area (Å²) in [4.78, 5) is 19.7. The standard InChI is InChI=1S/C16H18ClN3O2S/c1-2-22-15(21)14-13(11-4-3-5-12(17)10-11)19-16(23-14)20-8-6-18-7-9-20/h3-5,10,18H,2,6-9H2,1H3. The van der Waals surface area contributed by atoms with Gasteiger partial charge >= 0.3 is 5.97 Å². The summed E-state index contributed by atoms with van der Waals surface area (Å²) < 4.78 is 5.19. The first-order valence-electron chi connectivity index (χ1n) is 7.58. The van der Waals surface area contributed by atoms with Crippen molar-refractivity contribution >= 4 is 34.0 Å². The van der Waals surface area contributed by atoms with Crippen molar-refractivity contribution in [2.75, 3.05) is 37.7 Å². The number of carbonyl (C=O) groups excluding carboxylic acids is 1. The first-order valence-corrected chi connectivity index (χ1v) is 8.78. The third kappa shape index (κ3) is 3.65. The number of ether oxygens (including phenoxy) is 1. The van der Waals surface area contributed by atoms with Gasteiger partial charge in [0.05, 0.1) is 12.3 Å². The molecule has 0 unspecified atom stereocenters. The van der Waals surface area contributed by atoms with Crippen LogP contribution in [0.3, 0.4) is 0 Å². The van der Waals surface area contributed by atoms with Crippen molar-refractivity contribution in [1.82, 2.24) is 10.3 Å². The van der Waals surface area contributed by atoms with Crippen molar-refractivity contribution in [3.05, 3.63) is 34.2 Å². The zero-order chi connectivity index (χ0) is 16.2. The molecule has 1 fully saturated rings. The van der Waals surface area contributed by atoms with Crippen LogP contribution in [-0.4, -0.2) is 43.7 Å². The number of piperazine rings is 1. The van der Waals surface area contributed by atoms with Crippen LogP contribution in [0.2, 0.25) is 5.02 Å². The third-order valence-corrected chi connectivity index (χ3v) is 4.89. The van der Waals surface area contributed by atoms with Crippen molar-refractivity contribution in [3.8, 4) is 11.3 Å². The molecular weight excluding hydrogens is 334 g/mol. The summed E-state index contributed by atoms with van der Waals surface area (Å²) in [6, 6.07) is 7.39. The molecule has 23 heavy (non-hydrogen) atoms. The Bertz CT molecular complexity index is 698. The molecule has 1 aromatic carbocycles.